The lowest BCUT2D eigenvalue weighted by atomic mass is 10.5. The molecule has 1 unspecified atom stereocenters. The normalized spacial score (nSPS) is 13.4. The molecule has 0 rings (SSSR count). The Kier molecular flexibility index (Phi) is 10.2. The molecular formula is C10H24N2O3. The molecule has 0 aliphatic carbocycles. The summed E-state index contributed by atoms with van der Waals surface area (Å²) < 4.78 is 10.6. The van der Waals surface area contributed by atoms with Crippen LogP contribution < -0.4 is 5.32 Å². The van der Waals surface area contributed by atoms with Crippen LogP contribution in [0.3, 0.4) is 0 Å². The Balaban J connectivity index is 3.05. The number of likely N-dealkylation sites (N-methyl/N-ethyl adjacent to an activating group) is 2. The lowest BCUT2D eigenvalue weighted by molar-refractivity contribution is 0.00199. The molecule has 0 aromatic carbocycles. The Morgan fingerprint density at radius 3 is 2.33 bits per heavy atom. The monoisotopic (exact) mass is 220 g/mol. The van der Waals surface area contributed by atoms with Gasteiger partial charge in [0.1, 0.15) is 6.23 Å². The highest BCUT2D eigenvalue weighted by molar-refractivity contribution is 4.49. The van der Waals surface area contributed by atoms with Gasteiger partial charge in [-0.15, -0.1) is 0 Å². The first-order valence-corrected chi connectivity index (χ1v) is 5.37. The second-order valence-electron chi connectivity index (χ2n) is 3.44. The average Bonchev–Trinajstić information content (AvgIpc) is 2.21. The average molecular weight is 220 g/mol. The number of hydrogen-bond acceptors (Lipinski definition) is 5. The Labute approximate surface area is 92.4 Å². The Hall–Kier alpha value is -0.200. The van der Waals surface area contributed by atoms with Crippen LogP contribution in [0.5, 0.6) is 0 Å². The first kappa shape index (κ1) is 14.8. The predicted octanol–water partition coefficient (Wildman–Crippen LogP) is -0.491. The van der Waals surface area contributed by atoms with Crippen molar-refractivity contribution in [1.29, 1.82) is 0 Å². The van der Waals surface area contributed by atoms with Gasteiger partial charge in [-0.2, -0.15) is 0 Å². The number of nitrogens with one attached hydrogen (secondary N) is 1. The summed E-state index contributed by atoms with van der Waals surface area (Å²) >= 11 is 0. The van der Waals surface area contributed by atoms with E-state index in [0.717, 1.165) is 13.1 Å². The third-order valence-corrected chi connectivity index (χ3v) is 2.09. The van der Waals surface area contributed by atoms with E-state index in [0.29, 0.717) is 26.4 Å². The van der Waals surface area contributed by atoms with Gasteiger partial charge >= 0.3 is 0 Å². The molecule has 92 valence electrons. The molecule has 0 fully saturated rings. The third-order valence-electron chi connectivity index (χ3n) is 2.09. The van der Waals surface area contributed by atoms with Crippen LogP contribution >= 0.6 is 0 Å². The van der Waals surface area contributed by atoms with Crippen LogP contribution in [-0.2, 0) is 9.47 Å². The molecule has 0 saturated carbocycles. The molecule has 0 aliphatic rings. The van der Waals surface area contributed by atoms with Crippen molar-refractivity contribution >= 4 is 0 Å². The molecule has 5 nitrogen and oxygen atoms in total. The standard InChI is InChI=1S/C10H24N2O3/c1-10(13)12(3)5-7-15-9-8-14-6-4-11-2/h10-11,13H,4-9H2,1-3H3. The minimum atomic E-state index is -0.416. The molecule has 0 heterocycles. The number of aliphatic hydroxyl groups is 1. The van der Waals surface area contributed by atoms with E-state index < -0.39 is 6.23 Å². The predicted molar refractivity (Wildman–Crippen MR) is 59.9 cm³/mol. The summed E-state index contributed by atoms with van der Waals surface area (Å²) in [4.78, 5) is 1.82. The van der Waals surface area contributed by atoms with Crippen molar-refractivity contribution in [3.05, 3.63) is 0 Å². The summed E-state index contributed by atoms with van der Waals surface area (Å²) in [5.74, 6) is 0. The third kappa shape index (κ3) is 10.1. The molecule has 5 heteroatoms. The number of ether oxygens (including phenoxy) is 2. The van der Waals surface area contributed by atoms with E-state index in [1.807, 2.05) is 19.0 Å². The van der Waals surface area contributed by atoms with Crippen molar-refractivity contribution in [2.75, 3.05) is 53.6 Å². The van der Waals surface area contributed by atoms with Gasteiger partial charge in [-0.1, -0.05) is 0 Å². The fraction of sp³-hybridized carbons (Fsp3) is 1.00. The fourth-order valence-corrected chi connectivity index (χ4v) is 0.892. The quantitative estimate of drug-likeness (QED) is 0.384. The van der Waals surface area contributed by atoms with Gasteiger partial charge in [-0.05, 0) is 21.0 Å². The molecule has 15 heavy (non-hydrogen) atoms. The summed E-state index contributed by atoms with van der Waals surface area (Å²) in [7, 11) is 3.75. The zero-order valence-electron chi connectivity index (χ0n) is 10.0. The van der Waals surface area contributed by atoms with Crippen LogP contribution in [0.15, 0.2) is 0 Å². The zero-order valence-corrected chi connectivity index (χ0v) is 10.0. The summed E-state index contributed by atoms with van der Waals surface area (Å²) in [5, 5.41) is 12.2. The van der Waals surface area contributed by atoms with Gasteiger partial charge in [-0.3, -0.25) is 4.90 Å². The summed E-state index contributed by atoms with van der Waals surface area (Å²) in [6.07, 6.45) is -0.416. The van der Waals surface area contributed by atoms with E-state index in [2.05, 4.69) is 5.32 Å². The fourth-order valence-electron chi connectivity index (χ4n) is 0.892. The van der Waals surface area contributed by atoms with Gasteiger partial charge in [0.2, 0.25) is 0 Å². The van der Waals surface area contributed by atoms with Crippen LogP contribution in [0.4, 0.5) is 0 Å². The maximum atomic E-state index is 9.16. The summed E-state index contributed by atoms with van der Waals surface area (Å²) in [6.45, 7) is 5.90. The Morgan fingerprint density at radius 2 is 1.80 bits per heavy atom. The highest BCUT2D eigenvalue weighted by Gasteiger charge is 2.02. The van der Waals surface area contributed by atoms with Crippen molar-refractivity contribution in [1.82, 2.24) is 10.2 Å². The van der Waals surface area contributed by atoms with E-state index in [1.54, 1.807) is 6.92 Å². The van der Waals surface area contributed by atoms with Gasteiger partial charge in [0.15, 0.2) is 0 Å². The molecule has 2 N–H and O–H groups in total. The summed E-state index contributed by atoms with van der Waals surface area (Å²) in [6, 6.07) is 0. The van der Waals surface area contributed by atoms with Crippen LogP contribution in [-0.4, -0.2) is 69.8 Å². The van der Waals surface area contributed by atoms with Crippen LogP contribution in [0.1, 0.15) is 6.92 Å². The highest BCUT2D eigenvalue weighted by atomic mass is 16.5. The Bertz CT molecular complexity index is 134. The Morgan fingerprint density at radius 1 is 1.20 bits per heavy atom. The van der Waals surface area contributed by atoms with Gasteiger partial charge < -0.3 is 19.9 Å². The van der Waals surface area contributed by atoms with Gasteiger partial charge in [0.05, 0.1) is 26.4 Å². The largest absolute Gasteiger partial charge is 0.379 e. The smallest absolute Gasteiger partial charge is 0.104 e. The van der Waals surface area contributed by atoms with Crippen molar-refractivity contribution < 1.29 is 14.6 Å². The molecule has 1 atom stereocenters. The van der Waals surface area contributed by atoms with Crippen molar-refractivity contribution in [2.45, 2.75) is 13.2 Å². The second kappa shape index (κ2) is 10.3. The number of hydrogen-bond donors (Lipinski definition) is 2. The molecule has 0 aromatic rings. The molecule has 0 saturated heterocycles. The zero-order chi connectivity index (χ0) is 11.5. The van der Waals surface area contributed by atoms with E-state index in [-0.39, 0.29) is 0 Å². The van der Waals surface area contributed by atoms with Crippen LogP contribution in [0.25, 0.3) is 0 Å². The van der Waals surface area contributed by atoms with Gasteiger partial charge in [-0.25, -0.2) is 0 Å². The van der Waals surface area contributed by atoms with Crippen molar-refractivity contribution in [3.8, 4) is 0 Å². The first-order valence-electron chi connectivity index (χ1n) is 5.37. The molecule has 0 bridgehead atoms. The maximum absolute atomic E-state index is 9.16. The molecule has 0 amide bonds. The van der Waals surface area contributed by atoms with Gasteiger partial charge in [0.25, 0.3) is 0 Å². The number of nitrogens with zero attached hydrogens (tertiary/aromatic N) is 1. The molecular weight excluding hydrogens is 196 g/mol. The SMILES string of the molecule is CNCCOCCOCCN(C)C(C)O. The molecule has 0 radical (unpaired) electrons. The maximum Gasteiger partial charge on any atom is 0.104 e. The highest BCUT2D eigenvalue weighted by Crippen LogP contribution is 1.89. The van der Waals surface area contributed by atoms with Crippen LogP contribution in [0.2, 0.25) is 0 Å². The van der Waals surface area contributed by atoms with Crippen molar-refractivity contribution in [2.24, 2.45) is 0 Å². The van der Waals surface area contributed by atoms with Crippen molar-refractivity contribution in [3.63, 3.8) is 0 Å². The molecule has 0 spiro atoms. The van der Waals surface area contributed by atoms with Crippen LogP contribution in [0, 0.1) is 0 Å². The van der Waals surface area contributed by atoms with E-state index in [9.17, 15) is 0 Å². The minimum absolute atomic E-state index is 0.416. The number of rotatable bonds is 10. The van der Waals surface area contributed by atoms with E-state index in [4.69, 9.17) is 14.6 Å². The lowest BCUT2D eigenvalue weighted by Crippen LogP contribution is -2.32. The topological polar surface area (TPSA) is 54.0 Å². The van der Waals surface area contributed by atoms with E-state index >= 15 is 0 Å². The molecule has 0 aromatic heterocycles. The first-order chi connectivity index (χ1) is 7.18. The second-order valence-corrected chi connectivity index (χ2v) is 3.44. The number of aliphatic hydroxyl groups excluding tert-OH is 1. The van der Waals surface area contributed by atoms with E-state index in [1.165, 1.54) is 0 Å². The minimum Gasteiger partial charge on any atom is -0.379 e. The summed E-state index contributed by atoms with van der Waals surface area (Å²) in [5.41, 5.74) is 0. The lowest BCUT2D eigenvalue weighted by Gasteiger charge is -2.19. The van der Waals surface area contributed by atoms with Gasteiger partial charge in [0, 0.05) is 13.1 Å². The molecule has 0 aliphatic heterocycles.